The van der Waals surface area contributed by atoms with E-state index >= 15 is 0 Å². The summed E-state index contributed by atoms with van der Waals surface area (Å²) in [7, 11) is -1.97. The number of hydrogen-bond acceptors (Lipinski definition) is 4. The van der Waals surface area contributed by atoms with Crippen molar-refractivity contribution < 1.29 is 18.4 Å². The van der Waals surface area contributed by atoms with Crippen molar-refractivity contribution in [2.75, 3.05) is 19.8 Å². The Bertz CT molecular complexity index is 158. The van der Waals surface area contributed by atoms with Crippen molar-refractivity contribution >= 4 is 14.5 Å². The lowest BCUT2D eigenvalue weighted by molar-refractivity contribution is -0.141. The predicted octanol–water partition coefficient (Wildman–Crippen LogP) is 1.30. The predicted molar refractivity (Wildman–Crippen MR) is 51.7 cm³/mol. The van der Waals surface area contributed by atoms with Crippen molar-refractivity contribution in [2.45, 2.75) is 26.9 Å². The standard InChI is InChI=1S/C8H18O4Si/c1-5-11-13(3,4)12-7-6-10-8(2)9/h5-7H2,1-4H3. The Balaban J connectivity index is 3.45. The first-order chi connectivity index (χ1) is 5.98. The van der Waals surface area contributed by atoms with Crippen LogP contribution < -0.4 is 0 Å². The second kappa shape index (κ2) is 6.12. The van der Waals surface area contributed by atoms with Crippen LogP contribution in [0.4, 0.5) is 0 Å². The molecule has 0 atom stereocenters. The van der Waals surface area contributed by atoms with Crippen LogP contribution in [0.25, 0.3) is 0 Å². The van der Waals surface area contributed by atoms with Crippen LogP contribution in [0.2, 0.25) is 13.1 Å². The number of carbonyl (C=O) groups is 1. The molecule has 0 spiro atoms. The van der Waals surface area contributed by atoms with E-state index in [1.165, 1.54) is 6.92 Å². The molecule has 0 aliphatic heterocycles. The third-order valence-electron chi connectivity index (χ3n) is 1.33. The van der Waals surface area contributed by atoms with Crippen LogP contribution in [0.1, 0.15) is 13.8 Å². The SMILES string of the molecule is CCO[Si](C)(C)OCCOC(C)=O. The zero-order chi connectivity index (χ0) is 10.3. The summed E-state index contributed by atoms with van der Waals surface area (Å²) in [6.45, 7) is 8.62. The lowest BCUT2D eigenvalue weighted by atomic mass is 10.7. The Morgan fingerprint density at radius 1 is 1.23 bits per heavy atom. The first-order valence-corrected chi connectivity index (χ1v) is 7.21. The van der Waals surface area contributed by atoms with E-state index in [0.717, 1.165) is 0 Å². The van der Waals surface area contributed by atoms with Gasteiger partial charge in [-0.05, 0) is 20.0 Å². The van der Waals surface area contributed by atoms with Gasteiger partial charge in [-0.15, -0.1) is 0 Å². The number of ether oxygens (including phenoxy) is 1. The maximum absolute atomic E-state index is 10.4. The Kier molecular flexibility index (Phi) is 5.94. The van der Waals surface area contributed by atoms with Crippen molar-refractivity contribution in [3.8, 4) is 0 Å². The van der Waals surface area contributed by atoms with Gasteiger partial charge in [0, 0.05) is 13.5 Å². The smallest absolute Gasteiger partial charge is 0.331 e. The fourth-order valence-electron chi connectivity index (χ4n) is 0.862. The largest absolute Gasteiger partial charge is 0.463 e. The molecule has 0 bridgehead atoms. The molecule has 0 fully saturated rings. The molecular formula is C8H18O4Si. The summed E-state index contributed by atoms with van der Waals surface area (Å²) in [6, 6.07) is 0. The van der Waals surface area contributed by atoms with Gasteiger partial charge in [-0.2, -0.15) is 0 Å². The summed E-state index contributed by atoms with van der Waals surface area (Å²) in [5.74, 6) is -0.278. The number of esters is 1. The van der Waals surface area contributed by atoms with Gasteiger partial charge in [-0.3, -0.25) is 4.79 Å². The molecule has 0 aromatic carbocycles. The maximum Gasteiger partial charge on any atom is 0.331 e. The van der Waals surface area contributed by atoms with Crippen LogP contribution in [-0.4, -0.2) is 34.4 Å². The highest BCUT2D eigenvalue weighted by molar-refractivity contribution is 6.64. The minimum Gasteiger partial charge on any atom is -0.463 e. The molecule has 4 nitrogen and oxygen atoms in total. The minimum atomic E-state index is -1.97. The highest BCUT2D eigenvalue weighted by atomic mass is 28.4. The van der Waals surface area contributed by atoms with E-state index in [1.54, 1.807) is 0 Å². The van der Waals surface area contributed by atoms with E-state index < -0.39 is 8.56 Å². The summed E-state index contributed by atoms with van der Waals surface area (Å²) in [6.07, 6.45) is 0. The van der Waals surface area contributed by atoms with Crippen LogP contribution in [-0.2, 0) is 18.4 Å². The van der Waals surface area contributed by atoms with Crippen LogP contribution in [0.5, 0.6) is 0 Å². The summed E-state index contributed by atoms with van der Waals surface area (Å²) in [5.41, 5.74) is 0. The van der Waals surface area contributed by atoms with Gasteiger partial charge in [-0.25, -0.2) is 0 Å². The molecule has 5 heteroatoms. The van der Waals surface area contributed by atoms with E-state index in [2.05, 4.69) is 0 Å². The van der Waals surface area contributed by atoms with Gasteiger partial charge in [0.05, 0.1) is 6.61 Å². The van der Waals surface area contributed by atoms with Gasteiger partial charge in [-0.1, -0.05) is 0 Å². The van der Waals surface area contributed by atoms with Gasteiger partial charge in [0.1, 0.15) is 6.61 Å². The van der Waals surface area contributed by atoms with Gasteiger partial charge >= 0.3 is 14.5 Å². The molecule has 0 aromatic rings. The Morgan fingerprint density at radius 3 is 2.31 bits per heavy atom. The fourth-order valence-corrected chi connectivity index (χ4v) is 2.22. The first-order valence-electron chi connectivity index (χ1n) is 4.39. The van der Waals surface area contributed by atoms with Crippen LogP contribution >= 0.6 is 0 Å². The Hall–Kier alpha value is -0.393. The summed E-state index contributed by atoms with van der Waals surface area (Å²) in [4.78, 5) is 10.4. The quantitative estimate of drug-likeness (QED) is 0.373. The topological polar surface area (TPSA) is 44.8 Å². The maximum atomic E-state index is 10.4. The van der Waals surface area contributed by atoms with Crippen molar-refractivity contribution in [1.82, 2.24) is 0 Å². The molecule has 0 aliphatic rings. The van der Waals surface area contributed by atoms with Crippen molar-refractivity contribution in [2.24, 2.45) is 0 Å². The first kappa shape index (κ1) is 12.6. The second-order valence-electron chi connectivity index (χ2n) is 3.02. The van der Waals surface area contributed by atoms with E-state index in [9.17, 15) is 4.79 Å². The summed E-state index contributed by atoms with van der Waals surface area (Å²) >= 11 is 0. The summed E-state index contributed by atoms with van der Waals surface area (Å²) < 4.78 is 15.6. The fraction of sp³-hybridized carbons (Fsp3) is 0.875. The van der Waals surface area contributed by atoms with Gasteiger partial charge in [0.25, 0.3) is 0 Å². The Morgan fingerprint density at radius 2 is 1.85 bits per heavy atom. The molecule has 0 saturated heterocycles. The molecule has 0 heterocycles. The van der Waals surface area contributed by atoms with Crippen LogP contribution in [0.15, 0.2) is 0 Å². The normalized spacial score (nSPS) is 11.4. The van der Waals surface area contributed by atoms with E-state index in [4.69, 9.17) is 13.6 Å². The van der Waals surface area contributed by atoms with Crippen molar-refractivity contribution in [3.05, 3.63) is 0 Å². The second-order valence-corrected chi connectivity index (χ2v) is 6.40. The molecule has 0 rings (SSSR count). The lowest BCUT2D eigenvalue weighted by Gasteiger charge is -2.21. The third kappa shape index (κ3) is 7.95. The molecule has 78 valence electrons. The minimum absolute atomic E-state index is 0.278. The van der Waals surface area contributed by atoms with Gasteiger partial charge in [0.15, 0.2) is 0 Å². The molecule has 0 aliphatic carbocycles. The molecule has 13 heavy (non-hydrogen) atoms. The lowest BCUT2D eigenvalue weighted by Crippen LogP contribution is -2.36. The van der Waals surface area contributed by atoms with E-state index in [1.807, 2.05) is 20.0 Å². The van der Waals surface area contributed by atoms with Gasteiger partial charge < -0.3 is 13.6 Å². The summed E-state index contributed by atoms with van der Waals surface area (Å²) in [5, 5.41) is 0. The number of rotatable bonds is 6. The van der Waals surface area contributed by atoms with E-state index in [-0.39, 0.29) is 5.97 Å². The molecule has 0 unspecified atom stereocenters. The van der Waals surface area contributed by atoms with Crippen molar-refractivity contribution in [3.63, 3.8) is 0 Å². The molecular weight excluding hydrogens is 188 g/mol. The van der Waals surface area contributed by atoms with Gasteiger partial charge in [0.2, 0.25) is 0 Å². The highest BCUT2D eigenvalue weighted by Gasteiger charge is 2.23. The number of carbonyl (C=O) groups excluding carboxylic acids is 1. The Labute approximate surface area is 80.4 Å². The average Bonchev–Trinajstić information content (AvgIpc) is 1.98. The highest BCUT2D eigenvalue weighted by Crippen LogP contribution is 2.05. The number of hydrogen-bond donors (Lipinski definition) is 0. The van der Waals surface area contributed by atoms with Crippen LogP contribution in [0, 0.1) is 0 Å². The average molecular weight is 206 g/mol. The molecule has 0 radical (unpaired) electrons. The molecule has 0 amide bonds. The zero-order valence-corrected chi connectivity index (χ0v) is 9.75. The van der Waals surface area contributed by atoms with Crippen LogP contribution in [0.3, 0.4) is 0 Å². The molecule has 0 N–H and O–H groups in total. The molecule has 0 aromatic heterocycles. The molecule has 0 saturated carbocycles. The third-order valence-corrected chi connectivity index (χ3v) is 3.21. The zero-order valence-electron chi connectivity index (χ0n) is 8.75. The van der Waals surface area contributed by atoms with Crippen molar-refractivity contribution in [1.29, 1.82) is 0 Å². The monoisotopic (exact) mass is 206 g/mol. The van der Waals surface area contributed by atoms with E-state index in [0.29, 0.717) is 19.8 Å².